The quantitative estimate of drug-likeness (QED) is 0.609. The van der Waals surface area contributed by atoms with Gasteiger partial charge >= 0.3 is 0 Å². The molecule has 0 bridgehead atoms. The first-order valence-corrected chi connectivity index (χ1v) is 8.52. The van der Waals surface area contributed by atoms with Crippen molar-refractivity contribution in [2.75, 3.05) is 0 Å². The highest BCUT2D eigenvalue weighted by atomic mass is 16.5. The van der Waals surface area contributed by atoms with Gasteiger partial charge in [-0.3, -0.25) is 0 Å². The summed E-state index contributed by atoms with van der Waals surface area (Å²) in [6.45, 7) is 0.575. The molecule has 0 fully saturated rings. The molecule has 126 valence electrons. The summed E-state index contributed by atoms with van der Waals surface area (Å²) in [4.78, 5) is 0. The maximum atomic E-state index is 9.78. The minimum atomic E-state index is 0.311. The van der Waals surface area contributed by atoms with E-state index in [-0.39, 0.29) is 0 Å². The lowest BCUT2D eigenvalue weighted by Crippen LogP contribution is -1.98. The van der Waals surface area contributed by atoms with Gasteiger partial charge < -0.3 is 9.84 Å². The number of rotatable bonds is 7. The number of hydrogen-bond acceptors (Lipinski definition) is 2. The lowest BCUT2D eigenvalue weighted by molar-refractivity contribution is 0.303. The average Bonchev–Trinajstić information content (AvgIpc) is 2.66. The molecule has 0 aliphatic heterocycles. The van der Waals surface area contributed by atoms with Crippen molar-refractivity contribution in [1.82, 2.24) is 0 Å². The molecule has 0 unspecified atom stereocenters. The Morgan fingerprint density at radius 1 is 0.800 bits per heavy atom. The molecule has 0 radical (unpaired) electrons. The van der Waals surface area contributed by atoms with Gasteiger partial charge in [0.15, 0.2) is 0 Å². The van der Waals surface area contributed by atoms with E-state index in [4.69, 9.17) is 4.74 Å². The fourth-order valence-electron chi connectivity index (χ4n) is 2.66. The Balaban J connectivity index is 1.58. The Bertz CT molecular complexity index is 822. The van der Waals surface area contributed by atoms with Gasteiger partial charge in [0.05, 0.1) is 0 Å². The zero-order valence-electron chi connectivity index (χ0n) is 14.1. The maximum absolute atomic E-state index is 9.78. The second kappa shape index (κ2) is 8.74. The fourth-order valence-corrected chi connectivity index (χ4v) is 2.66. The highest BCUT2D eigenvalue weighted by Gasteiger charge is 2.03. The monoisotopic (exact) mass is 330 g/mol. The van der Waals surface area contributed by atoms with Gasteiger partial charge in [-0.25, -0.2) is 0 Å². The van der Waals surface area contributed by atoms with Crippen LogP contribution in [0, 0.1) is 0 Å². The van der Waals surface area contributed by atoms with E-state index in [1.807, 2.05) is 60.7 Å². The molecule has 0 aliphatic carbocycles. The number of benzene rings is 3. The second-order valence-electron chi connectivity index (χ2n) is 5.88. The van der Waals surface area contributed by atoms with Crippen molar-refractivity contribution in [1.29, 1.82) is 0 Å². The first kappa shape index (κ1) is 16.8. The van der Waals surface area contributed by atoms with Crippen molar-refractivity contribution in [3.8, 4) is 11.5 Å². The van der Waals surface area contributed by atoms with Gasteiger partial charge in [0.2, 0.25) is 0 Å². The first-order chi connectivity index (χ1) is 12.3. The Hall–Kier alpha value is -3.00. The van der Waals surface area contributed by atoms with E-state index in [0.29, 0.717) is 12.4 Å². The molecule has 0 atom stereocenters. The molecule has 3 rings (SSSR count). The number of ether oxygens (including phenoxy) is 1. The number of aromatic hydroxyl groups is 1. The third kappa shape index (κ3) is 4.98. The average molecular weight is 330 g/mol. The number of aryl methyl sites for hydroxylation is 1. The summed E-state index contributed by atoms with van der Waals surface area (Å²) in [5, 5.41) is 9.78. The van der Waals surface area contributed by atoms with Crippen molar-refractivity contribution >= 4 is 6.08 Å². The van der Waals surface area contributed by atoms with Crippen LogP contribution in [-0.2, 0) is 13.0 Å². The molecule has 1 N–H and O–H groups in total. The molecule has 0 spiro atoms. The SMILES string of the molecule is Oc1ccccc1/C=C/CCc1ccccc1OCc1ccccc1. The molecule has 3 aromatic carbocycles. The molecular weight excluding hydrogens is 308 g/mol. The number of para-hydroxylation sites is 2. The Labute approximate surface area is 149 Å². The number of phenols is 1. The van der Waals surface area contributed by atoms with Crippen LogP contribution in [0.1, 0.15) is 23.1 Å². The van der Waals surface area contributed by atoms with Crippen LogP contribution >= 0.6 is 0 Å². The van der Waals surface area contributed by atoms with Gasteiger partial charge in [0.1, 0.15) is 18.1 Å². The standard InChI is InChI=1S/C23H22O2/c24-22-16-8-6-13-20(22)12-4-5-14-21-15-7-9-17-23(21)25-18-19-10-2-1-3-11-19/h1-4,6-13,15-17,24H,5,14,18H2/b12-4+. The minimum Gasteiger partial charge on any atom is -0.507 e. The van der Waals surface area contributed by atoms with E-state index in [9.17, 15) is 5.11 Å². The first-order valence-electron chi connectivity index (χ1n) is 8.52. The van der Waals surface area contributed by atoms with E-state index in [1.165, 1.54) is 5.56 Å². The van der Waals surface area contributed by atoms with Crippen LogP contribution < -0.4 is 4.74 Å². The Morgan fingerprint density at radius 3 is 2.36 bits per heavy atom. The van der Waals surface area contributed by atoms with Crippen LogP contribution in [0.25, 0.3) is 6.08 Å². The number of allylic oxidation sites excluding steroid dienone is 1. The number of hydrogen-bond donors (Lipinski definition) is 1. The van der Waals surface area contributed by atoms with E-state index in [1.54, 1.807) is 6.07 Å². The van der Waals surface area contributed by atoms with Crippen LogP contribution in [0.2, 0.25) is 0 Å². The molecule has 2 nitrogen and oxygen atoms in total. The zero-order chi connectivity index (χ0) is 17.3. The molecule has 0 heterocycles. The predicted octanol–water partition coefficient (Wildman–Crippen LogP) is 5.62. The molecule has 0 aromatic heterocycles. The van der Waals surface area contributed by atoms with E-state index >= 15 is 0 Å². The van der Waals surface area contributed by atoms with E-state index < -0.39 is 0 Å². The van der Waals surface area contributed by atoms with Crippen molar-refractivity contribution in [3.05, 3.63) is 102 Å². The molecule has 2 heteroatoms. The summed E-state index contributed by atoms with van der Waals surface area (Å²) >= 11 is 0. The smallest absolute Gasteiger partial charge is 0.123 e. The highest BCUT2D eigenvalue weighted by Crippen LogP contribution is 2.22. The summed E-state index contributed by atoms with van der Waals surface area (Å²) in [6, 6.07) is 25.7. The van der Waals surface area contributed by atoms with E-state index in [0.717, 1.165) is 29.7 Å². The molecule has 0 saturated heterocycles. The zero-order valence-corrected chi connectivity index (χ0v) is 14.1. The molecular formula is C23H22O2. The van der Waals surface area contributed by atoms with Gasteiger partial charge in [-0.2, -0.15) is 0 Å². The van der Waals surface area contributed by atoms with E-state index in [2.05, 4.69) is 24.3 Å². The van der Waals surface area contributed by atoms with Gasteiger partial charge in [0, 0.05) is 5.56 Å². The number of phenolic OH excluding ortho intramolecular Hbond substituents is 1. The maximum Gasteiger partial charge on any atom is 0.123 e. The van der Waals surface area contributed by atoms with Gasteiger partial charge in [-0.1, -0.05) is 78.9 Å². The summed E-state index contributed by atoms with van der Waals surface area (Å²) in [5.41, 5.74) is 3.20. The lowest BCUT2D eigenvalue weighted by Gasteiger charge is -2.11. The largest absolute Gasteiger partial charge is 0.507 e. The van der Waals surface area contributed by atoms with Crippen molar-refractivity contribution in [3.63, 3.8) is 0 Å². The fraction of sp³-hybridized carbons (Fsp3) is 0.130. The van der Waals surface area contributed by atoms with Crippen molar-refractivity contribution in [2.24, 2.45) is 0 Å². The lowest BCUT2D eigenvalue weighted by atomic mass is 10.1. The van der Waals surface area contributed by atoms with Crippen LogP contribution in [0.3, 0.4) is 0 Å². The Morgan fingerprint density at radius 2 is 1.52 bits per heavy atom. The topological polar surface area (TPSA) is 29.5 Å². The summed E-state index contributed by atoms with van der Waals surface area (Å²) < 4.78 is 5.99. The highest BCUT2D eigenvalue weighted by molar-refractivity contribution is 5.56. The van der Waals surface area contributed by atoms with Crippen LogP contribution in [0.4, 0.5) is 0 Å². The minimum absolute atomic E-state index is 0.311. The van der Waals surface area contributed by atoms with Gasteiger partial charge in [-0.15, -0.1) is 0 Å². The van der Waals surface area contributed by atoms with Crippen LogP contribution in [0.15, 0.2) is 84.9 Å². The van der Waals surface area contributed by atoms with Crippen LogP contribution in [0.5, 0.6) is 11.5 Å². The molecule has 25 heavy (non-hydrogen) atoms. The molecule has 0 amide bonds. The van der Waals surface area contributed by atoms with Crippen molar-refractivity contribution in [2.45, 2.75) is 19.4 Å². The molecule has 3 aromatic rings. The summed E-state index contributed by atoms with van der Waals surface area (Å²) in [7, 11) is 0. The predicted molar refractivity (Wildman–Crippen MR) is 103 cm³/mol. The Kier molecular flexibility index (Phi) is 5.89. The van der Waals surface area contributed by atoms with Crippen molar-refractivity contribution < 1.29 is 9.84 Å². The molecule has 0 saturated carbocycles. The summed E-state index contributed by atoms with van der Waals surface area (Å²) in [5.74, 6) is 1.24. The van der Waals surface area contributed by atoms with Crippen LogP contribution in [-0.4, -0.2) is 5.11 Å². The molecule has 0 aliphatic rings. The third-order valence-corrected chi connectivity index (χ3v) is 4.02. The summed E-state index contributed by atoms with van der Waals surface area (Å²) in [6.07, 6.45) is 5.83. The second-order valence-corrected chi connectivity index (χ2v) is 5.88. The third-order valence-electron chi connectivity index (χ3n) is 4.02. The van der Waals surface area contributed by atoms with Gasteiger partial charge in [0.25, 0.3) is 0 Å². The van der Waals surface area contributed by atoms with Gasteiger partial charge in [-0.05, 0) is 36.1 Å². The normalized spacial score (nSPS) is 10.9.